The Balaban J connectivity index is 0.850. The predicted octanol–water partition coefficient (Wildman–Crippen LogP) is 5.67. The van der Waals surface area contributed by atoms with E-state index in [9.17, 15) is 19.7 Å². The molecular weight excluding hydrogens is 679 g/mol. The number of methoxy groups -OCH3 is 1. The molecule has 4 aliphatic rings. The van der Waals surface area contributed by atoms with Gasteiger partial charge in [-0.25, -0.2) is 4.39 Å². The number of anilines is 2. The normalized spacial score (nSPS) is 21.4. The van der Waals surface area contributed by atoms with Gasteiger partial charge in [-0.3, -0.25) is 29.7 Å². The molecule has 0 saturated carbocycles. The molecule has 8 rings (SSSR count). The van der Waals surface area contributed by atoms with Crippen LogP contribution >= 0.6 is 0 Å². The third-order valence-corrected chi connectivity index (χ3v) is 12.4. The lowest BCUT2D eigenvalue weighted by atomic mass is 9.71. The largest absolute Gasteiger partial charge is 0.490 e. The molecule has 0 bridgehead atoms. The molecule has 4 fully saturated rings. The molecular formula is C39H47FN8O5. The van der Waals surface area contributed by atoms with Crippen LogP contribution in [0.4, 0.5) is 21.5 Å². The van der Waals surface area contributed by atoms with Crippen LogP contribution in [0, 0.1) is 27.3 Å². The van der Waals surface area contributed by atoms with Gasteiger partial charge in [0, 0.05) is 105 Å². The molecule has 1 atom stereocenters. The van der Waals surface area contributed by atoms with Crippen LogP contribution in [0.15, 0.2) is 49.1 Å². The average Bonchev–Trinajstić information content (AvgIpc) is 3.78. The number of imide groups is 1. The van der Waals surface area contributed by atoms with Crippen LogP contribution in [0.3, 0.4) is 0 Å². The van der Waals surface area contributed by atoms with E-state index in [2.05, 4.69) is 25.1 Å². The van der Waals surface area contributed by atoms with Gasteiger partial charge in [-0.1, -0.05) is 0 Å². The lowest BCUT2D eigenvalue weighted by Gasteiger charge is -2.48. The second kappa shape index (κ2) is 14.1. The van der Waals surface area contributed by atoms with Gasteiger partial charge in [0.25, 0.3) is 0 Å². The van der Waals surface area contributed by atoms with E-state index in [4.69, 9.17) is 4.74 Å². The number of fused-ring (bicyclic) bond motifs is 1. The van der Waals surface area contributed by atoms with Gasteiger partial charge < -0.3 is 24.0 Å². The van der Waals surface area contributed by atoms with Crippen LogP contribution in [-0.4, -0.2) is 88.9 Å². The molecule has 4 saturated heterocycles. The van der Waals surface area contributed by atoms with Gasteiger partial charge in [0.05, 0.1) is 23.9 Å². The number of nitrogens with one attached hydrogen (secondary N) is 1. The Hall–Kier alpha value is -4.98. The molecule has 1 unspecified atom stereocenters. The zero-order valence-electron chi connectivity index (χ0n) is 30.4. The van der Waals surface area contributed by atoms with E-state index < -0.39 is 11.0 Å². The van der Waals surface area contributed by atoms with Crippen LogP contribution in [0.1, 0.15) is 57.4 Å². The number of nitro groups is 1. The minimum atomic E-state index is -0.460. The first-order valence-electron chi connectivity index (χ1n) is 18.8. The van der Waals surface area contributed by atoms with E-state index in [0.717, 1.165) is 112 Å². The summed E-state index contributed by atoms with van der Waals surface area (Å²) in [7, 11) is 3.31. The highest BCUT2D eigenvalue weighted by atomic mass is 19.1. The molecule has 0 radical (unpaired) electrons. The van der Waals surface area contributed by atoms with Crippen molar-refractivity contribution in [1.82, 2.24) is 24.6 Å². The number of aryl methyl sites for hydroxylation is 1. The fourth-order valence-corrected chi connectivity index (χ4v) is 9.13. The van der Waals surface area contributed by atoms with Crippen molar-refractivity contribution in [2.45, 2.75) is 57.4 Å². The summed E-state index contributed by atoms with van der Waals surface area (Å²) in [6.07, 6.45) is 14.6. The molecule has 280 valence electrons. The number of carbonyl (C=O) groups excluding carboxylic acids is 2. The summed E-state index contributed by atoms with van der Waals surface area (Å²) in [6, 6.07) is 6.45. The Morgan fingerprint density at radius 3 is 2.25 bits per heavy atom. The maximum absolute atomic E-state index is 15.5. The number of aromatic nitrogens is 3. The molecule has 1 N–H and O–H groups in total. The number of likely N-dealkylation sites (tertiary alicyclic amines) is 1. The summed E-state index contributed by atoms with van der Waals surface area (Å²) in [5, 5.41) is 20.2. The Morgan fingerprint density at radius 2 is 1.60 bits per heavy atom. The van der Waals surface area contributed by atoms with Crippen molar-refractivity contribution in [1.29, 1.82) is 0 Å². The van der Waals surface area contributed by atoms with Crippen molar-refractivity contribution >= 4 is 39.6 Å². The summed E-state index contributed by atoms with van der Waals surface area (Å²) in [4.78, 5) is 42.6. The maximum Gasteiger partial charge on any atom is 0.311 e. The number of ether oxygens (including phenoxy) is 1. The Morgan fingerprint density at radius 1 is 0.925 bits per heavy atom. The lowest BCUT2D eigenvalue weighted by Crippen LogP contribution is -2.48. The Bertz CT molecular complexity index is 2030. The molecule has 2 amide bonds. The summed E-state index contributed by atoms with van der Waals surface area (Å²) < 4.78 is 24.4. The topological polar surface area (TPSA) is 131 Å². The summed E-state index contributed by atoms with van der Waals surface area (Å²) in [6.45, 7) is 6.64. The molecule has 4 aromatic rings. The number of carbonyl (C=O) groups is 2. The molecule has 1 spiro atoms. The van der Waals surface area contributed by atoms with Crippen LogP contribution in [0.2, 0.25) is 0 Å². The number of amides is 2. The van der Waals surface area contributed by atoms with Crippen molar-refractivity contribution < 1.29 is 23.6 Å². The average molecular weight is 727 g/mol. The van der Waals surface area contributed by atoms with Gasteiger partial charge >= 0.3 is 5.69 Å². The molecule has 4 aliphatic heterocycles. The number of rotatable bonds is 8. The van der Waals surface area contributed by atoms with E-state index in [-0.39, 0.29) is 29.1 Å². The quantitative estimate of drug-likeness (QED) is 0.139. The van der Waals surface area contributed by atoms with Gasteiger partial charge in [-0.15, -0.1) is 0 Å². The molecule has 2 aromatic carbocycles. The van der Waals surface area contributed by atoms with Crippen LogP contribution in [0.25, 0.3) is 21.9 Å². The van der Waals surface area contributed by atoms with Crippen LogP contribution < -0.4 is 19.9 Å². The second-order valence-electron chi connectivity index (χ2n) is 15.5. The first kappa shape index (κ1) is 35.1. The zero-order chi connectivity index (χ0) is 36.9. The van der Waals surface area contributed by atoms with Crippen molar-refractivity contribution in [3.05, 3.63) is 65.0 Å². The molecule has 14 heteroatoms. The van der Waals surface area contributed by atoms with Gasteiger partial charge in [0.15, 0.2) is 5.75 Å². The Labute approximate surface area is 307 Å². The monoisotopic (exact) mass is 726 g/mol. The zero-order valence-corrected chi connectivity index (χ0v) is 30.4. The van der Waals surface area contributed by atoms with E-state index in [1.807, 2.05) is 36.1 Å². The smallest absolute Gasteiger partial charge is 0.311 e. The van der Waals surface area contributed by atoms with Gasteiger partial charge in [-0.05, 0) is 81.5 Å². The molecule has 6 heterocycles. The van der Waals surface area contributed by atoms with Gasteiger partial charge in [0.1, 0.15) is 11.9 Å². The number of piperidine rings is 4. The van der Waals surface area contributed by atoms with Crippen molar-refractivity contribution in [2.24, 2.45) is 18.4 Å². The fraction of sp³-hybridized carbons (Fsp3) is 0.513. The second-order valence-corrected chi connectivity index (χ2v) is 15.5. The number of benzene rings is 2. The fourth-order valence-electron chi connectivity index (χ4n) is 9.13. The third kappa shape index (κ3) is 6.96. The van der Waals surface area contributed by atoms with E-state index >= 15 is 4.39 Å². The van der Waals surface area contributed by atoms with Gasteiger partial charge in [0.2, 0.25) is 11.8 Å². The third-order valence-electron chi connectivity index (χ3n) is 12.4. The van der Waals surface area contributed by atoms with Crippen LogP contribution in [-0.2, 0) is 16.6 Å². The maximum atomic E-state index is 15.5. The van der Waals surface area contributed by atoms with E-state index in [1.54, 1.807) is 29.2 Å². The van der Waals surface area contributed by atoms with Gasteiger partial charge in [-0.2, -0.15) is 5.10 Å². The number of nitro benzene ring substituents is 1. The summed E-state index contributed by atoms with van der Waals surface area (Å²) >= 11 is 0. The summed E-state index contributed by atoms with van der Waals surface area (Å²) in [5.74, 6) is 0.0582. The minimum absolute atomic E-state index is 0.0496. The van der Waals surface area contributed by atoms with Crippen molar-refractivity contribution in [2.75, 3.05) is 62.7 Å². The highest BCUT2D eigenvalue weighted by Crippen LogP contribution is 2.44. The number of nitrogens with zero attached hydrogens (tertiary/aromatic N) is 7. The molecule has 0 aliphatic carbocycles. The van der Waals surface area contributed by atoms with Crippen molar-refractivity contribution in [3.63, 3.8) is 0 Å². The lowest BCUT2D eigenvalue weighted by molar-refractivity contribution is -0.385. The number of hydrogen-bond donors (Lipinski definition) is 1. The highest BCUT2D eigenvalue weighted by Gasteiger charge is 2.39. The Kier molecular flexibility index (Phi) is 9.33. The first-order valence-corrected chi connectivity index (χ1v) is 18.8. The van der Waals surface area contributed by atoms with Crippen molar-refractivity contribution in [3.8, 4) is 16.9 Å². The SMILES string of the molecule is COc1cc(N2CCC(CN3CCC4(CC3)CCN(c3cc5cn(C6CCC(=O)NC6=O)cc5cc3F)CC4)CC2)c(-c2cnn(C)c2)cc1[N+](=O)[O-]. The highest BCUT2D eigenvalue weighted by molar-refractivity contribution is 6.00. The number of hydrogen-bond acceptors (Lipinski definition) is 9. The van der Waals surface area contributed by atoms with E-state index in [1.165, 1.54) is 7.11 Å². The summed E-state index contributed by atoms with van der Waals surface area (Å²) in [5.41, 5.74) is 3.45. The predicted molar refractivity (Wildman–Crippen MR) is 200 cm³/mol. The molecule has 53 heavy (non-hydrogen) atoms. The number of halogens is 1. The molecule has 13 nitrogen and oxygen atoms in total. The van der Waals surface area contributed by atoms with Crippen LogP contribution in [0.5, 0.6) is 5.75 Å². The molecule has 2 aromatic heterocycles. The van der Waals surface area contributed by atoms with E-state index in [0.29, 0.717) is 29.9 Å². The first-order chi connectivity index (χ1) is 25.6. The minimum Gasteiger partial charge on any atom is -0.490 e. The standard InChI is InChI=1S/C39H47FN8O5/c1-43-23-29(21-41-43)30-19-35(48(51)52)36(53-2)20-33(30)45-11-5-26(6-12-45)22-44-13-7-39(8-14-44)9-15-46(16-10-39)34-18-28-25-47(24-27(28)17-31(34)40)32-3-4-37(49)42-38(32)50/h17-21,23-26,32H,3-16,22H2,1-2H3,(H,42,49,50).